The molecule has 9 nitrogen and oxygen atoms in total. The molecule has 2 atom stereocenters. The molecular formula is C11H15N3O6. The third-order valence-electron chi connectivity index (χ3n) is 2.91. The zero-order valence-electron chi connectivity index (χ0n) is 10.6. The highest BCUT2D eigenvalue weighted by molar-refractivity contribution is 6.25. The number of hydrogen-bond donors (Lipinski definition) is 3. The number of rotatable bonds is 7. The molecule has 9 heteroatoms. The van der Waals surface area contributed by atoms with Crippen molar-refractivity contribution in [1.82, 2.24) is 5.32 Å². The summed E-state index contributed by atoms with van der Waals surface area (Å²) >= 11 is 0. The number of carboxylic acids is 1. The van der Waals surface area contributed by atoms with Gasteiger partial charge in [0.25, 0.3) is 5.91 Å². The van der Waals surface area contributed by atoms with Gasteiger partial charge >= 0.3 is 12.2 Å². The Balaban J connectivity index is 2.58. The maximum atomic E-state index is 11.8. The van der Waals surface area contributed by atoms with Gasteiger partial charge in [-0.3, -0.25) is 9.59 Å². The Bertz CT molecular complexity index is 451. The number of ether oxygens (including phenoxy) is 1. The van der Waals surface area contributed by atoms with E-state index in [9.17, 15) is 19.5 Å². The molecule has 20 heavy (non-hydrogen) atoms. The monoisotopic (exact) mass is 285 g/mol. The number of ketones is 1. The first-order valence-corrected chi connectivity index (χ1v) is 5.93. The third kappa shape index (κ3) is 4.23. The van der Waals surface area contributed by atoms with Crippen LogP contribution in [0.5, 0.6) is 0 Å². The smallest absolute Gasteiger partial charge is 0.326 e. The highest BCUT2D eigenvalue weighted by Crippen LogP contribution is 2.18. The van der Waals surface area contributed by atoms with Crippen LogP contribution in [0.25, 0.3) is 5.53 Å². The van der Waals surface area contributed by atoms with E-state index < -0.39 is 29.3 Å². The predicted molar refractivity (Wildman–Crippen MR) is 63.9 cm³/mol. The molecule has 1 saturated heterocycles. The molecule has 3 N–H and O–H groups in total. The first kappa shape index (κ1) is 16.0. The number of carbonyl (C=O) groups is 3. The lowest BCUT2D eigenvalue weighted by molar-refractivity contribution is -0.147. The zero-order chi connectivity index (χ0) is 15.2. The largest absolute Gasteiger partial charge is 0.480 e. The molecule has 1 unspecified atom stereocenters. The lowest BCUT2D eigenvalue weighted by Gasteiger charge is -2.22. The van der Waals surface area contributed by atoms with Gasteiger partial charge in [-0.15, -0.1) is 0 Å². The molecule has 0 aliphatic carbocycles. The number of aliphatic hydroxyl groups is 1. The Labute approximate surface area is 114 Å². The van der Waals surface area contributed by atoms with Crippen molar-refractivity contribution in [3.8, 4) is 0 Å². The zero-order valence-corrected chi connectivity index (χ0v) is 10.6. The summed E-state index contributed by atoms with van der Waals surface area (Å²) in [4.78, 5) is 36.4. The van der Waals surface area contributed by atoms with Crippen molar-refractivity contribution in [1.29, 1.82) is 0 Å². The summed E-state index contributed by atoms with van der Waals surface area (Å²) in [5, 5.41) is 21.0. The van der Waals surface area contributed by atoms with Crippen molar-refractivity contribution in [3.63, 3.8) is 0 Å². The number of Topliss-reactive ketones (excluding diaryl/α,β-unsaturated/α-hetero) is 1. The molecule has 1 fully saturated rings. The summed E-state index contributed by atoms with van der Waals surface area (Å²) in [6.07, 6.45) is 0.347. The van der Waals surface area contributed by atoms with Gasteiger partial charge in [-0.2, -0.15) is 4.79 Å². The van der Waals surface area contributed by atoms with Gasteiger partial charge in [0.15, 0.2) is 5.60 Å². The van der Waals surface area contributed by atoms with E-state index in [0.717, 1.165) is 0 Å². The van der Waals surface area contributed by atoms with E-state index in [4.69, 9.17) is 15.4 Å². The lowest BCUT2D eigenvalue weighted by Crippen LogP contribution is -2.52. The molecule has 0 bridgehead atoms. The van der Waals surface area contributed by atoms with Crippen LogP contribution in [-0.4, -0.2) is 63.7 Å². The van der Waals surface area contributed by atoms with Crippen LogP contribution in [0.4, 0.5) is 0 Å². The number of nitrogens with one attached hydrogen (secondary N) is 1. The van der Waals surface area contributed by atoms with Crippen LogP contribution in [0.15, 0.2) is 0 Å². The highest BCUT2D eigenvalue weighted by atomic mass is 16.5. The second-order valence-corrected chi connectivity index (χ2v) is 4.45. The van der Waals surface area contributed by atoms with Crippen LogP contribution in [0.2, 0.25) is 0 Å². The van der Waals surface area contributed by atoms with E-state index in [1.807, 2.05) is 0 Å². The van der Waals surface area contributed by atoms with E-state index in [1.54, 1.807) is 0 Å². The Morgan fingerprint density at radius 3 is 2.70 bits per heavy atom. The maximum absolute atomic E-state index is 11.8. The van der Waals surface area contributed by atoms with Crippen LogP contribution in [-0.2, 0) is 19.1 Å². The van der Waals surface area contributed by atoms with Crippen LogP contribution < -0.4 is 5.32 Å². The number of nitrogens with zero attached hydrogens (tertiary/aromatic N) is 2. The molecular weight excluding hydrogens is 270 g/mol. The van der Waals surface area contributed by atoms with E-state index in [-0.39, 0.29) is 32.5 Å². The number of carbonyl (C=O) groups excluding carboxylic acids is 2. The van der Waals surface area contributed by atoms with Gasteiger partial charge < -0.3 is 25.8 Å². The van der Waals surface area contributed by atoms with E-state index in [2.05, 4.69) is 10.1 Å². The minimum atomic E-state index is -1.73. The molecule has 0 spiro atoms. The van der Waals surface area contributed by atoms with Crippen molar-refractivity contribution in [2.45, 2.75) is 30.9 Å². The molecule has 0 aromatic heterocycles. The minimum Gasteiger partial charge on any atom is -0.480 e. The molecule has 1 aliphatic heterocycles. The van der Waals surface area contributed by atoms with E-state index >= 15 is 0 Å². The van der Waals surface area contributed by atoms with Crippen molar-refractivity contribution in [3.05, 3.63) is 5.53 Å². The Hall–Kier alpha value is -2.09. The van der Waals surface area contributed by atoms with Gasteiger partial charge in [-0.25, -0.2) is 4.79 Å². The van der Waals surface area contributed by atoms with Gasteiger partial charge in [0.1, 0.15) is 6.04 Å². The summed E-state index contributed by atoms with van der Waals surface area (Å²) in [7, 11) is 0. The first-order valence-electron chi connectivity index (χ1n) is 5.93. The molecule has 0 radical (unpaired) electrons. The van der Waals surface area contributed by atoms with Crippen LogP contribution in [0, 0.1) is 0 Å². The molecule has 0 saturated carbocycles. The van der Waals surface area contributed by atoms with Gasteiger partial charge in [0.05, 0.1) is 13.2 Å². The fraction of sp³-hybridized carbons (Fsp3) is 0.636. The number of hydrogen-bond acceptors (Lipinski definition) is 5. The second kappa shape index (κ2) is 6.90. The van der Waals surface area contributed by atoms with Crippen LogP contribution in [0.3, 0.4) is 0 Å². The average molecular weight is 285 g/mol. The second-order valence-electron chi connectivity index (χ2n) is 4.45. The van der Waals surface area contributed by atoms with Crippen LogP contribution >= 0.6 is 0 Å². The number of amides is 1. The topological polar surface area (TPSA) is 149 Å². The van der Waals surface area contributed by atoms with Crippen molar-refractivity contribution in [2.24, 2.45) is 0 Å². The van der Waals surface area contributed by atoms with Crippen molar-refractivity contribution < 1.29 is 34.1 Å². The summed E-state index contributed by atoms with van der Waals surface area (Å²) in [6.45, 7) is 0.0222. The maximum Gasteiger partial charge on any atom is 0.326 e. The van der Waals surface area contributed by atoms with Gasteiger partial charge in [0.2, 0.25) is 5.78 Å². The summed E-state index contributed by atoms with van der Waals surface area (Å²) < 4.78 is 4.90. The first-order chi connectivity index (χ1) is 9.39. The Morgan fingerprint density at radius 1 is 1.50 bits per heavy atom. The minimum absolute atomic E-state index is 0.0846. The molecule has 1 rings (SSSR count). The molecule has 0 aromatic rings. The quantitative estimate of drug-likeness (QED) is 0.290. The molecule has 1 aliphatic rings. The third-order valence-corrected chi connectivity index (χ3v) is 2.91. The van der Waals surface area contributed by atoms with Gasteiger partial charge in [-0.1, -0.05) is 0 Å². The van der Waals surface area contributed by atoms with Crippen molar-refractivity contribution >= 4 is 23.9 Å². The lowest BCUT2D eigenvalue weighted by atomic mass is 10.0. The molecule has 0 aromatic carbocycles. The number of carboxylic acid groups (broad SMARTS) is 1. The number of aliphatic carboxylic acids is 1. The summed E-state index contributed by atoms with van der Waals surface area (Å²) in [6, 6.07) is -1.32. The highest BCUT2D eigenvalue weighted by Gasteiger charge is 2.41. The summed E-state index contributed by atoms with van der Waals surface area (Å²) in [5.74, 6) is -2.74. The molecule has 110 valence electrons. The standard InChI is InChI=1S/C11H15N3O6/c12-13-5-7(15)1-2-8(9(16)17)14-10(18)11(19)3-4-20-6-11/h5,8,19H,1-4,6H2,(H,14,18)(H,16,17)/t8-,11?/m0/s1. The summed E-state index contributed by atoms with van der Waals surface area (Å²) in [5.41, 5.74) is 6.42. The normalized spacial score (nSPS) is 22.6. The van der Waals surface area contributed by atoms with Crippen molar-refractivity contribution in [2.75, 3.05) is 13.2 Å². The van der Waals surface area contributed by atoms with E-state index in [1.165, 1.54) is 0 Å². The molecule has 1 heterocycles. The SMILES string of the molecule is [N-]=[N+]=CC(=O)CC[C@H](NC(=O)C1(O)CCOC1)C(=O)O. The average Bonchev–Trinajstić information content (AvgIpc) is 2.82. The molecule has 1 amide bonds. The Morgan fingerprint density at radius 2 is 2.20 bits per heavy atom. The Kier molecular flexibility index (Phi) is 5.51. The van der Waals surface area contributed by atoms with Gasteiger partial charge in [-0.05, 0) is 6.42 Å². The van der Waals surface area contributed by atoms with E-state index in [0.29, 0.717) is 6.21 Å². The predicted octanol–water partition coefficient (Wildman–Crippen LogP) is -1.64. The fourth-order valence-corrected chi connectivity index (χ4v) is 1.70. The van der Waals surface area contributed by atoms with Crippen LogP contribution in [0.1, 0.15) is 19.3 Å². The van der Waals surface area contributed by atoms with Gasteiger partial charge in [0, 0.05) is 12.8 Å². The fourth-order valence-electron chi connectivity index (χ4n) is 1.70.